The Bertz CT molecular complexity index is 790. The number of aromatic nitrogens is 1. The number of benzene rings is 1. The summed E-state index contributed by atoms with van der Waals surface area (Å²) in [6, 6.07) is 7.73. The molecule has 1 unspecified atom stereocenters. The molecule has 1 aromatic carbocycles. The van der Waals surface area contributed by atoms with Gasteiger partial charge in [0.05, 0.1) is 7.11 Å². The molecule has 122 valence electrons. The summed E-state index contributed by atoms with van der Waals surface area (Å²) in [6.07, 6.45) is 0. The molecule has 0 saturated heterocycles. The van der Waals surface area contributed by atoms with E-state index in [1.807, 2.05) is 12.1 Å². The Morgan fingerprint density at radius 2 is 1.91 bits per heavy atom. The highest BCUT2D eigenvalue weighted by molar-refractivity contribution is 7.73. The van der Waals surface area contributed by atoms with E-state index in [0.717, 1.165) is 11.3 Å². The minimum absolute atomic E-state index is 0.245. The fraction of sp³-hybridized carbons (Fsp3) is 0.312. The van der Waals surface area contributed by atoms with E-state index in [0.29, 0.717) is 4.88 Å². The average Bonchev–Trinajstić information content (AvgIpc) is 2.49. The number of ether oxygens (including phenoxy) is 1. The second kappa shape index (κ2) is 7.06. The van der Waals surface area contributed by atoms with Crippen molar-refractivity contribution < 1.29 is 14.6 Å². The summed E-state index contributed by atoms with van der Waals surface area (Å²) in [6.45, 7) is 3.50. The Labute approximate surface area is 142 Å². The average molecular weight is 351 g/mol. The Hall–Kier alpha value is -1.99. The first kappa shape index (κ1) is 17.4. The van der Waals surface area contributed by atoms with Gasteiger partial charge in [0, 0.05) is 10.9 Å². The molecule has 1 aromatic heterocycles. The highest BCUT2D eigenvalue weighted by atomic mass is 32.1. The standard InChI is InChI=1S/C16H17NO4S2/c1-9(2)14(15(19)20)17-13(18)8-12(23-16(17)22)10-4-6-11(21-3)7-5-10/h4-9,14H,1-3H3,(H,19,20). The third-order valence-corrected chi connectivity index (χ3v) is 4.81. The molecule has 0 radical (unpaired) electrons. The van der Waals surface area contributed by atoms with E-state index >= 15 is 0 Å². The summed E-state index contributed by atoms with van der Waals surface area (Å²) < 4.78 is 6.54. The van der Waals surface area contributed by atoms with Crippen LogP contribution in [0.25, 0.3) is 10.4 Å². The van der Waals surface area contributed by atoms with Crippen molar-refractivity contribution in [1.82, 2.24) is 4.57 Å². The number of hydrogen-bond acceptors (Lipinski definition) is 5. The fourth-order valence-electron chi connectivity index (χ4n) is 2.29. The Kier molecular flexibility index (Phi) is 5.33. The zero-order valence-corrected chi connectivity index (χ0v) is 14.6. The quantitative estimate of drug-likeness (QED) is 0.834. The first-order valence-corrected chi connectivity index (χ1v) is 8.21. The summed E-state index contributed by atoms with van der Waals surface area (Å²) in [5, 5.41) is 9.37. The van der Waals surface area contributed by atoms with Crippen molar-refractivity contribution in [1.29, 1.82) is 0 Å². The van der Waals surface area contributed by atoms with Gasteiger partial charge in [0.25, 0.3) is 5.56 Å². The van der Waals surface area contributed by atoms with Crippen LogP contribution in [0.1, 0.15) is 19.9 Å². The van der Waals surface area contributed by atoms with Crippen LogP contribution in [0.15, 0.2) is 35.1 Å². The molecule has 0 spiro atoms. The summed E-state index contributed by atoms with van der Waals surface area (Å²) in [4.78, 5) is 24.6. The van der Waals surface area contributed by atoms with Crippen LogP contribution in [0, 0.1) is 9.87 Å². The third-order valence-electron chi connectivity index (χ3n) is 3.42. The molecular weight excluding hydrogens is 334 g/mol. The minimum atomic E-state index is -1.06. The SMILES string of the molecule is COc1ccc(-c2cc(=O)n(C(C(=O)O)C(C)C)c(=S)s2)cc1. The lowest BCUT2D eigenvalue weighted by molar-refractivity contribution is -0.142. The maximum absolute atomic E-state index is 12.4. The maximum Gasteiger partial charge on any atom is 0.327 e. The lowest BCUT2D eigenvalue weighted by atomic mass is 10.0. The van der Waals surface area contributed by atoms with Crippen LogP contribution in [-0.4, -0.2) is 22.8 Å². The highest BCUT2D eigenvalue weighted by Crippen LogP contribution is 2.27. The highest BCUT2D eigenvalue weighted by Gasteiger charge is 2.25. The zero-order chi connectivity index (χ0) is 17.1. The van der Waals surface area contributed by atoms with Gasteiger partial charge in [-0.2, -0.15) is 0 Å². The first-order chi connectivity index (χ1) is 10.8. The molecule has 0 fully saturated rings. The molecule has 0 aliphatic rings. The van der Waals surface area contributed by atoms with Gasteiger partial charge in [-0.05, 0) is 48.0 Å². The molecule has 0 bridgehead atoms. The molecule has 5 nitrogen and oxygen atoms in total. The summed E-state index contributed by atoms with van der Waals surface area (Å²) in [5.74, 6) is -0.583. The van der Waals surface area contributed by atoms with Gasteiger partial charge in [0.2, 0.25) is 0 Å². The third kappa shape index (κ3) is 3.68. The van der Waals surface area contributed by atoms with Gasteiger partial charge >= 0.3 is 5.97 Å². The normalized spacial score (nSPS) is 12.2. The molecule has 0 aliphatic carbocycles. The van der Waals surface area contributed by atoms with Gasteiger partial charge in [0.15, 0.2) is 3.95 Å². The summed E-state index contributed by atoms with van der Waals surface area (Å²) in [7, 11) is 1.58. The Morgan fingerprint density at radius 1 is 1.30 bits per heavy atom. The van der Waals surface area contributed by atoms with Crippen LogP contribution in [0.4, 0.5) is 0 Å². The van der Waals surface area contributed by atoms with Crippen LogP contribution >= 0.6 is 23.6 Å². The molecule has 1 N–H and O–H groups in total. The number of rotatable bonds is 5. The van der Waals surface area contributed by atoms with E-state index in [4.69, 9.17) is 17.0 Å². The number of aliphatic carboxylic acids is 1. The number of carboxylic acids is 1. The largest absolute Gasteiger partial charge is 0.497 e. The van der Waals surface area contributed by atoms with E-state index in [1.165, 1.54) is 22.0 Å². The first-order valence-electron chi connectivity index (χ1n) is 6.99. The van der Waals surface area contributed by atoms with Gasteiger partial charge in [-0.3, -0.25) is 9.36 Å². The lowest BCUT2D eigenvalue weighted by Crippen LogP contribution is -2.32. The van der Waals surface area contributed by atoms with Gasteiger partial charge in [-0.15, -0.1) is 11.3 Å². The van der Waals surface area contributed by atoms with Gasteiger partial charge in [-0.1, -0.05) is 13.8 Å². The van der Waals surface area contributed by atoms with E-state index < -0.39 is 17.6 Å². The van der Waals surface area contributed by atoms with Crippen LogP contribution in [0.2, 0.25) is 0 Å². The van der Waals surface area contributed by atoms with Crippen molar-refractivity contribution in [2.75, 3.05) is 7.11 Å². The topological polar surface area (TPSA) is 68.5 Å². The van der Waals surface area contributed by atoms with Crippen LogP contribution < -0.4 is 10.3 Å². The van der Waals surface area contributed by atoms with E-state index in [-0.39, 0.29) is 9.87 Å². The molecule has 0 aliphatic heterocycles. The lowest BCUT2D eigenvalue weighted by Gasteiger charge is -2.19. The predicted octanol–water partition coefficient (Wildman–Crippen LogP) is 3.60. The van der Waals surface area contributed by atoms with Gasteiger partial charge in [0.1, 0.15) is 11.8 Å². The van der Waals surface area contributed by atoms with Crippen molar-refractivity contribution >= 4 is 29.5 Å². The molecule has 23 heavy (non-hydrogen) atoms. The smallest absolute Gasteiger partial charge is 0.327 e. The summed E-state index contributed by atoms with van der Waals surface area (Å²) in [5.41, 5.74) is 0.434. The number of carboxylic acid groups (broad SMARTS) is 1. The number of nitrogens with zero attached hydrogens (tertiary/aromatic N) is 1. The Balaban J connectivity index is 2.54. The second-order valence-electron chi connectivity index (χ2n) is 5.34. The van der Waals surface area contributed by atoms with Crippen LogP contribution in [0.3, 0.4) is 0 Å². The maximum atomic E-state index is 12.4. The Morgan fingerprint density at radius 3 is 2.35 bits per heavy atom. The van der Waals surface area contributed by atoms with Crippen LogP contribution in [0.5, 0.6) is 5.75 Å². The van der Waals surface area contributed by atoms with Crippen LogP contribution in [-0.2, 0) is 4.79 Å². The van der Waals surface area contributed by atoms with Crippen molar-refractivity contribution in [2.24, 2.45) is 5.92 Å². The minimum Gasteiger partial charge on any atom is -0.497 e. The molecule has 7 heteroatoms. The molecule has 2 rings (SSSR count). The number of methoxy groups -OCH3 is 1. The fourth-order valence-corrected chi connectivity index (χ4v) is 3.66. The molecule has 0 saturated carbocycles. The molecule has 1 heterocycles. The number of hydrogen-bond donors (Lipinski definition) is 1. The molecule has 0 amide bonds. The van der Waals surface area contributed by atoms with Crippen molar-refractivity contribution in [3.8, 4) is 16.2 Å². The van der Waals surface area contributed by atoms with E-state index in [2.05, 4.69) is 0 Å². The molecule has 2 aromatic rings. The summed E-state index contributed by atoms with van der Waals surface area (Å²) >= 11 is 6.51. The predicted molar refractivity (Wildman–Crippen MR) is 92.9 cm³/mol. The number of carbonyl (C=O) groups is 1. The van der Waals surface area contributed by atoms with Crippen molar-refractivity contribution in [3.63, 3.8) is 0 Å². The second-order valence-corrected chi connectivity index (χ2v) is 7.02. The van der Waals surface area contributed by atoms with E-state index in [9.17, 15) is 14.7 Å². The monoisotopic (exact) mass is 351 g/mol. The zero-order valence-electron chi connectivity index (χ0n) is 13.0. The van der Waals surface area contributed by atoms with Gasteiger partial charge in [-0.25, -0.2) is 4.79 Å². The van der Waals surface area contributed by atoms with Crippen molar-refractivity contribution in [3.05, 3.63) is 44.6 Å². The van der Waals surface area contributed by atoms with Crippen molar-refractivity contribution in [2.45, 2.75) is 19.9 Å². The molecule has 1 atom stereocenters. The van der Waals surface area contributed by atoms with E-state index in [1.54, 1.807) is 33.1 Å². The molecular formula is C16H17NO4S2. The van der Waals surface area contributed by atoms with Gasteiger partial charge < -0.3 is 9.84 Å².